The van der Waals surface area contributed by atoms with Crippen LogP contribution in [0.15, 0.2) is 21.5 Å². The molecular formula is C14H30F2GeN3Zr. The molecule has 0 heterocycles. The zero-order valence-electron chi connectivity index (χ0n) is 13.5. The number of nitrogens with one attached hydrogen (secondary N) is 3. The van der Waals surface area contributed by atoms with E-state index in [9.17, 15) is 7.00 Å². The fourth-order valence-corrected chi connectivity index (χ4v) is 32.7. The molecule has 123 valence electrons. The Kier molecular flexibility index (Phi) is 8.50. The summed E-state index contributed by atoms with van der Waals surface area (Å²) in [7, 11) is 0. The molecule has 21 heavy (non-hydrogen) atoms. The van der Waals surface area contributed by atoms with Gasteiger partial charge in [0.25, 0.3) is 0 Å². The van der Waals surface area contributed by atoms with Crippen molar-refractivity contribution in [3.63, 3.8) is 0 Å². The number of halogens is 2. The minimum absolute atomic E-state index is 0.658. The average Bonchev–Trinajstić information content (AvgIpc) is 3.02. The molecule has 0 atom stereocenters. The van der Waals surface area contributed by atoms with Crippen LogP contribution in [0.25, 0.3) is 0 Å². The summed E-state index contributed by atoms with van der Waals surface area (Å²) in [6.07, 6.45) is 9.18. The summed E-state index contributed by atoms with van der Waals surface area (Å²) in [5.74, 6) is 0. The molecule has 3 nitrogen and oxygen atoms in total. The Hall–Kier alpha value is 0.646. The first-order valence-corrected chi connectivity index (χ1v) is 23.5. The molecule has 0 saturated carbocycles. The first-order valence-electron chi connectivity index (χ1n) is 8.12. The van der Waals surface area contributed by atoms with Crippen molar-refractivity contribution in [3.05, 3.63) is 21.5 Å². The Labute approximate surface area is 132 Å². The van der Waals surface area contributed by atoms with Crippen LogP contribution in [0, 0.1) is 0 Å². The van der Waals surface area contributed by atoms with E-state index in [0.717, 1.165) is 22.5 Å². The van der Waals surface area contributed by atoms with E-state index in [1.807, 2.05) is 39.0 Å². The Morgan fingerprint density at radius 3 is 1.76 bits per heavy atom. The van der Waals surface area contributed by atoms with Crippen LogP contribution in [0.4, 0.5) is 7.00 Å². The van der Waals surface area contributed by atoms with E-state index >= 15 is 0 Å². The number of rotatable bonds is 11. The molecule has 1 rings (SSSR count). The van der Waals surface area contributed by atoms with Gasteiger partial charge in [-0.2, -0.15) is 0 Å². The van der Waals surface area contributed by atoms with Crippen LogP contribution in [0.3, 0.4) is 0 Å². The maximum atomic E-state index is 14.7. The molecule has 0 aromatic rings. The second-order valence-electron chi connectivity index (χ2n) is 5.73. The number of allylic oxidation sites excluding steroid dienone is 4. The molecular weight excluding hydrogens is 412 g/mol. The molecule has 0 fully saturated rings. The van der Waals surface area contributed by atoms with Crippen LogP contribution in [-0.4, -0.2) is 31.1 Å². The monoisotopic (exact) mass is 442 g/mol. The second kappa shape index (κ2) is 9.07. The molecule has 0 radical (unpaired) electrons. The Balaban J connectivity index is 3.27. The molecule has 0 spiro atoms. The number of hydrogen-bond donors (Lipinski definition) is 3. The second-order valence-corrected chi connectivity index (χ2v) is 37.6. The van der Waals surface area contributed by atoms with Gasteiger partial charge in [0.2, 0.25) is 0 Å². The van der Waals surface area contributed by atoms with Crippen molar-refractivity contribution in [1.82, 2.24) is 9.78 Å². The normalized spacial score (nSPS) is 17.0. The van der Waals surface area contributed by atoms with Gasteiger partial charge in [0.15, 0.2) is 0 Å². The Morgan fingerprint density at radius 1 is 1.00 bits per heavy atom. The van der Waals surface area contributed by atoms with Crippen LogP contribution in [0.5, 0.6) is 0 Å². The predicted molar refractivity (Wildman–Crippen MR) is 86.1 cm³/mol. The minimum atomic E-state index is -4.74. The van der Waals surface area contributed by atoms with Crippen LogP contribution >= 0.6 is 0 Å². The van der Waals surface area contributed by atoms with Gasteiger partial charge in [-0.25, -0.2) is 0 Å². The van der Waals surface area contributed by atoms with Crippen molar-refractivity contribution >= 4 is 11.5 Å². The Morgan fingerprint density at radius 2 is 1.48 bits per heavy atom. The molecule has 1 aliphatic carbocycles. The van der Waals surface area contributed by atoms with Crippen molar-refractivity contribution < 1.29 is 24.1 Å². The molecule has 0 aromatic carbocycles. The molecule has 0 bridgehead atoms. The summed E-state index contributed by atoms with van der Waals surface area (Å²) < 4.78 is 40.5. The van der Waals surface area contributed by atoms with E-state index in [2.05, 4.69) is 9.78 Å². The van der Waals surface area contributed by atoms with Gasteiger partial charge in [-0.3, -0.25) is 0 Å². The molecule has 1 aliphatic rings. The summed E-state index contributed by atoms with van der Waals surface area (Å²) in [6.45, 7) is 8.09. The summed E-state index contributed by atoms with van der Waals surface area (Å²) in [4.78, 5) is 0. The van der Waals surface area contributed by atoms with Crippen molar-refractivity contribution in [1.29, 1.82) is 0 Å². The van der Waals surface area contributed by atoms with Crippen LogP contribution < -0.4 is 9.78 Å². The van der Waals surface area contributed by atoms with E-state index in [1.165, 1.54) is 0 Å². The third-order valence-corrected chi connectivity index (χ3v) is 40.7. The third-order valence-electron chi connectivity index (χ3n) is 4.10. The molecule has 0 saturated heterocycles. The zero-order valence-corrected chi connectivity index (χ0v) is 18.4. The van der Waals surface area contributed by atoms with E-state index in [4.69, 9.17) is 0 Å². The molecule has 7 heteroatoms. The van der Waals surface area contributed by atoms with Crippen LogP contribution in [-0.2, 0) is 17.1 Å². The fourth-order valence-electron chi connectivity index (χ4n) is 2.89. The van der Waals surface area contributed by atoms with Gasteiger partial charge in [-0.15, -0.1) is 0 Å². The summed E-state index contributed by atoms with van der Waals surface area (Å²) in [6, 6.07) is 0. The average molecular weight is 442 g/mol. The van der Waals surface area contributed by atoms with Crippen molar-refractivity contribution in [2.24, 2.45) is 0 Å². The third kappa shape index (κ3) is 4.14. The van der Waals surface area contributed by atoms with E-state index in [1.54, 1.807) is 0 Å². The van der Waals surface area contributed by atoms with Gasteiger partial charge in [-0.05, 0) is 0 Å². The fraction of sp³-hybridized carbons (Fsp3) is 0.714. The van der Waals surface area contributed by atoms with E-state index < -0.39 is 28.6 Å². The molecule has 3 N–H and O–H groups in total. The molecule has 0 aliphatic heterocycles. The molecule has 0 aromatic heterocycles. The summed E-state index contributed by atoms with van der Waals surface area (Å²) >= 11 is -9.22. The van der Waals surface area contributed by atoms with Gasteiger partial charge in [0.05, 0.1) is 0 Å². The van der Waals surface area contributed by atoms with Crippen molar-refractivity contribution in [3.8, 4) is 0 Å². The molecule has 0 amide bonds. The zero-order chi connectivity index (χ0) is 15.8. The SMILES string of the molecule is CCC[NH][Zr]([NH]CCC)([NH]CCC)([C]1=CC=CC1)[GeH]([F])[F]. The van der Waals surface area contributed by atoms with Gasteiger partial charge >= 0.3 is 133 Å². The quantitative estimate of drug-likeness (QED) is 0.431. The van der Waals surface area contributed by atoms with E-state index in [-0.39, 0.29) is 0 Å². The number of hydrogen-bond acceptors (Lipinski definition) is 3. The van der Waals surface area contributed by atoms with Gasteiger partial charge in [0, 0.05) is 0 Å². The topological polar surface area (TPSA) is 36.1 Å². The van der Waals surface area contributed by atoms with Gasteiger partial charge < -0.3 is 0 Å². The van der Waals surface area contributed by atoms with Crippen LogP contribution in [0.2, 0.25) is 0 Å². The first-order chi connectivity index (χ1) is 10.1. The Bertz CT molecular complexity index is 364. The van der Waals surface area contributed by atoms with Crippen molar-refractivity contribution in [2.45, 2.75) is 46.5 Å². The van der Waals surface area contributed by atoms with E-state index in [0.29, 0.717) is 26.1 Å². The van der Waals surface area contributed by atoms with Gasteiger partial charge in [-0.1, -0.05) is 0 Å². The van der Waals surface area contributed by atoms with Crippen molar-refractivity contribution in [2.75, 3.05) is 19.6 Å². The first kappa shape index (κ1) is 19.7. The summed E-state index contributed by atoms with van der Waals surface area (Å²) in [5.41, 5.74) is 0. The molecule has 0 unspecified atom stereocenters. The summed E-state index contributed by atoms with van der Waals surface area (Å²) in [5, 5.41) is 0. The standard InChI is InChI=1S/C5H5.3C3H8N.F2GeH.Zr/c1-2-4-5-3-1;3*1-2-3-4;1-3-2;/h1-3H,4H2;3*4H,2-3H2,1H3;3H;/q;3*-1;;+3. The van der Waals surface area contributed by atoms with Crippen LogP contribution in [0.1, 0.15) is 46.5 Å². The van der Waals surface area contributed by atoms with Gasteiger partial charge in [0.1, 0.15) is 0 Å². The maximum absolute atomic E-state index is 14.7. The predicted octanol–water partition coefficient (Wildman–Crippen LogP) is 2.92.